The number of pyridine rings is 2. The largest absolute Gasteiger partial charge is 0.493 e. The van der Waals surface area contributed by atoms with E-state index in [4.69, 9.17) is 25.8 Å². The van der Waals surface area contributed by atoms with Crippen molar-refractivity contribution in [1.29, 1.82) is 0 Å². The Bertz CT molecular complexity index is 2260. The number of rotatable bonds is 11. The lowest BCUT2D eigenvalue weighted by Crippen LogP contribution is -2.29. The van der Waals surface area contributed by atoms with Gasteiger partial charge in [-0.15, -0.1) is 0 Å². The zero-order chi connectivity index (χ0) is 34.6. The molecule has 0 unspecified atom stereocenters. The third kappa shape index (κ3) is 6.72. The summed E-state index contributed by atoms with van der Waals surface area (Å²) < 4.78 is 34.6. The highest BCUT2D eigenvalue weighted by atomic mass is 35.5. The molecule has 11 heteroatoms. The number of amides is 1. The van der Waals surface area contributed by atoms with Crippen LogP contribution in [0.3, 0.4) is 0 Å². The summed E-state index contributed by atoms with van der Waals surface area (Å²) in [6.45, 7) is 3.81. The molecule has 0 atom stereocenters. The third-order valence-electron chi connectivity index (χ3n) is 8.73. The first-order valence-corrected chi connectivity index (χ1v) is 16.8. The number of anilines is 1. The average Bonchev–Trinajstić information content (AvgIpc) is 3.65. The molecule has 9 nitrogen and oxygen atoms in total. The topological polar surface area (TPSA) is 94.9 Å². The molecule has 0 spiro atoms. The molecule has 1 N–H and O–H groups in total. The Morgan fingerprint density at radius 2 is 1.68 bits per heavy atom. The minimum atomic E-state index is -0.773. The van der Waals surface area contributed by atoms with Gasteiger partial charge in [0.05, 0.1) is 29.8 Å². The molecule has 1 amide bonds. The van der Waals surface area contributed by atoms with E-state index in [1.165, 1.54) is 29.5 Å². The van der Waals surface area contributed by atoms with Gasteiger partial charge in [-0.1, -0.05) is 48.0 Å². The van der Waals surface area contributed by atoms with Crippen molar-refractivity contribution in [3.63, 3.8) is 0 Å². The van der Waals surface area contributed by atoms with E-state index >= 15 is 4.39 Å². The summed E-state index contributed by atoms with van der Waals surface area (Å²) in [6.07, 6.45) is 4.97. The van der Waals surface area contributed by atoms with Gasteiger partial charge in [0, 0.05) is 47.0 Å². The molecule has 0 saturated carbocycles. The Hall–Kier alpha value is -5.45. The Labute approximate surface area is 292 Å². The van der Waals surface area contributed by atoms with E-state index in [0.717, 1.165) is 32.1 Å². The fourth-order valence-corrected chi connectivity index (χ4v) is 6.60. The smallest absolute Gasteiger partial charge is 0.270 e. The number of aromatic nitrogens is 2. The van der Waals surface area contributed by atoms with E-state index in [0.29, 0.717) is 51.3 Å². The highest BCUT2D eigenvalue weighted by Gasteiger charge is 2.23. The molecule has 1 saturated heterocycles. The molecule has 4 aromatic carbocycles. The molecular weight excluding hydrogens is 659 g/mol. The lowest BCUT2D eigenvalue weighted by molar-refractivity contribution is 0.102. The number of hydrogen-bond donors (Lipinski definition) is 1. The van der Waals surface area contributed by atoms with Gasteiger partial charge in [0.25, 0.3) is 11.5 Å². The lowest BCUT2D eigenvalue weighted by atomic mass is 10.1. The number of nitrogens with zero attached hydrogens (tertiary/aromatic N) is 3. The zero-order valence-corrected chi connectivity index (χ0v) is 28.1. The molecule has 6 aromatic rings. The van der Waals surface area contributed by atoms with Gasteiger partial charge in [0.2, 0.25) is 0 Å². The molecule has 1 fully saturated rings. The molecule has 0 bridgehead atoms. The Kier molecular flexibility index (Phi) is 9.64. The molecule has 2 aromatic heterocycles. The van der Waals surface area contributed by atoms with Crippen LogP contribution in [0, 0.1) is 5.82 Å². The van der Waals surface area contributed by atoms with Crippen molar-refractivity contribution in [1.82, 2.24) is 14.5 Å². The van der Waals surface area contributed by atoms with Crippen LogP contribution in [0.15, 0.2) is 102 Å². The molecule has 50 heavy (non-hydrogen) atoms. The number of hydrogen-bond acceptors (Lipinski definition) is 7. The number of para-hydroxylation sites is 2. The first-order valence-electron chi connectivity index (χ1n) is 16.4. The zero-order valence-electron chi connectivity index (χ0n) is 27.3. The van der Waals surface area contributed by atoms with E-state index in [-0.39, 0.29) is 22.0 Å². The minimum absolute atomic E-state index is 0.00587. The van der Waals surface area contributed by atoms with Crippen molar-refractivity contribution in [3.8, 4) is 28.7 Å². The van der Waals surface area contributed by atoms with Gasteiger partial charge < -0.3 is 24.4 Å². The summed E-state index contributed by atoms with van der Waals surface area (Å²) in [5.41, 5.74) is 0.967. The summed E-state index contributed by atoms with van der Waals surface area (Å²) in [5, 5.41) is 3.76. The maximum absolute atomic E-state index is 15.5. The maximum Gasteiger partial charge on any atom is 0.270 e. The number of methoxy groups -OCH3 is 1. The summed E-state index contributed by atoms with van der Waals surface area (Å²) in [4.78, 5) is 34.2. The van der Waals surface area contributed by atoms with Gasteiger partial charge in [-0.05, 0) is 74.8 Å². The number of nitrogens with one attached hydrogen (secondary N) is 1. The normalized spacial score (nSPS) is 13.1. The third-order valence-corrected chi connectivity index (χ3v) is 9.12. The van der Waals surface area contributed by atoms with Gasteiger partial charge in [-0.25, -0.2) is 4.39 Å². The van der Waals surface area contributed by atoms with Crippen molar-refractivity contribution in [2.45, 2.75) is 19.3 Å². The number of fused-ring (bicyclic) bond motifs is 2. The van der Waals surface area contributed by atoms with E-state index in [1.807, 2.05) is 6.07 Å². The van der Waals surface area contributed by atoms with Crippen LogP contribution >= 0.6 is 11.6 Å². The van der Waals surface area contributed by atoms with E-state index < -0.39 is 17.3 Å². The summed E-state index contributed by atoms with van der Waals surface area (Å²) >= 11 is 6.66. The minimum Gasteiger partial charge on any atom is -0.493 e. The number of carbonyl (C=O) groups is 1. The van der Waals surface area contributed by atoms with Gasteiger partial charge in [-0.3, -0.25) is 19.1 Å². The Balaban J connectivity index is 1.11. The molecule has 1 aliphatic heterocycles. The monoisotopic (exact) mass is 692 g/mol. The van der Waals surface area contributed by atoms with E-state index in [2.05, 4.69) is 15.2 Å². The van der Waals surface area contributed by atoms with Crippen molar-refractivity contribution in [2.75, 3.05) is 38.7 Å². The van der Waals surface area contributed by atoms with Crippen LogP contribution in [0.2, 0.25) is 5.02 Å². The van der Waals surface area contributed by atoms with Crippen LogP contribution in [0.5, 0.6) is 23.0 Å². The standard InChI is InChI=1S/C39H34ClFN4O5/c1-48-34-23-28-30(24-35(34)49-21-9-20-44-18-7-8-19-44)42-17-16-32(28)50-33-15-14-25(22-29(33)41)43-38(46)36-37(40)27-12-5-6-13-31(27)45(39(36)47)26-10-3-2-4-11-26/h2-6,10-17,22-24H,7-9,18-21H2,1H3,(H,43,46). The summed E-state index contributed by atoms with van der Waals surface area (Å²) in [6, 6.07) is 25.2. The second kappa shape index (κ2) is 14.6. The fraction of sp³-hybridized carbons (Fsp3) is 0.205. The number of carbonyl (C=O) groups excluding carboxylic acids is 1. The van der Waals surface area contributed by atoms with Crippen LogP contribution in [-0.2, 0) is 0 Å². The van der Waals surface area contributed by atoms with Crippen LogP contribution in [0.25, 0.3) is 27.5 Å². The number of ether oxygens (including phenoxy) is 3. The molecule has 0 aliphatic carbocycles. The first-order chi connectivity index (χ1) is 24.4. The average molecular weight is 693 g/mol. The van der Waals surface area contributed by atoms with E-state index in [9.17, 15) is 9.59 Å². The highest BCUT2D eigenvalue weighted by Crippen LogP contribution is 2.38. The maximum atomic E-state index is 15.5. The predicted molar refractivity (Wildman–Crippen MR) is 193 cm³/mol. The molecule has 3 heterocycles. The van der Waals surface area contributed by atoms with Crippen LogP contribution < -0.4 is 25.1 Å². The molecule has 0 radical (unpaired) electrons. The molecular formula is C39H34ClFN4O5. The quantitative estimate of drug-likeness (QED) is 0.137. The summed E-state index contributed by atoms with van der Waals surface area (Å²) in [5.74, 6) is -0.150. The van der Waals surface area contributed by atoms with Crippen LogP contribution in [0.1, 0.15) is 29.6 Å². The number of likely N-dealkylation sites (tertiary alicyclic amines) is 1. The SMILES string of the molecule is COc1cc2c(Oc3ccc(NC(=O)c4c(Cl)c5ccccc5n(-c5ccccc5)c4=O)cc3F)ccnc2cc1OCCCN1CCCC1. The number of halogens is 2. The van der Waals surface area contributed by atoms with Crippen molar-refractivity contribution < 1.29 is 23.4 Å². The van der Waals surface area contributed by atoms with Gasteiger partial charge in [0.15, 0.2) is 23.1 Å². The number of benzene rings is 4. The van der Waals surface area contributed by atoms with Crippen molar-refractivity contribution >= 4 is 45.0 Å². The molecule has 254 valence electrons. The Morgan fingerprint density at radius 1 is 0.900 bits per heavy atom. The van der Waals surface area contributed by atoms with Gasteiger partial charge in [0.1, 0.15) is 11.3 Å². The predicted octanol–water partition coefficient (Wildman–Crippen LogP) is 8.25. The van der Waals surface area contributed by atoms with Gasteiger partial charge >= 0.3 is 0 Å². The second-order valence-corrected chi connectivity index (χ2v) is 12.3. The van der Waals surface area contributed by atoms with Crippen molar-refractivity contribution in [3.05, 3.63) is 124 Å². The molecule has 7 rings (SSSR count). The van der Waals surface area contributed by atoms with Crippen molar-refractivity contribution in [2.24, 2.45) is 0 Å². The Morgan fingerprint density at radius 3 is 2.46 bits per heavy atom. The molecule has 1 aliphatic rings. The van der Waals surface area contributed by atoms with E-state index in [1.54, 1.807) is 80.0 Å². The second-order valence-electron chi connectivity index (χ2n) is 12.0. The fourth-order valence-electron chi connectivity index (χ4n) is 6.27. The van der Waals surface area contributed by atoms with Crippen LogP contribution in [0.4, 0.5) is 10.1 Å². The van der Waals surface area contributed by atoms with Crippen LogP contribution in [-0.4, -0.2) is 53.7 Å². The first kappa shape index (κ1) is 33.1. The lowest BCUT2D eigenvalue weighted by Gasteiger charge is -2.16. The summed E-state index contributed by atoms with van der Waals surface area (Å²) in [7, 11) is 1.56. The van der Waals surface area contributed by atoms with Gasteiger partial charge in [-0.2, -0.15) is 0 Å². The highest BCUT2D eigenvalue weighted by molar-refractivity contribution is 6.39.